The van der Waals surface area contributed by atoms with E-state index in [1.165, 1.54) is 0 Å². The molecule has 2 aromatic carbocycles. The third-order valence-corrected chi connectivity index (χ3v) is 5.22. The van der Waals surface area contributed by atoms with E-state index in [1.807, 2.05) is 66.9 Å². The molecule has 0 saturated carbocycles. The third kappa shape index (κ3) is 3.66. The van der Waals surface area contributed by atoms with Crippen LogP contribution in [0.15, 0.2) is 73.1 Å². The van der Waals surface area contributed by atoms with Gasteiger partial charge in [-0.1, -0.05) is 37.3 Å². The molecular formula is C25H24N2O2. The van der Waals surface area contributed by atoms with Crippen LogP contribution in [0, 0.1) is 0 Å². The van der Waals surface area contributed by atoms with E-state index in [1.54, 1.807) is 6.20 Å². The van der Waals surface area contributed by atoms with Crippen molar-refractivity contribution in [2.24, 2.45) is 0 Å². The van der Waals surface area contributed by atoms with Crippen molar-refractivity contribution in [3.8, 4) is 5.75 Å². The Morgan fingerprint density at radius 2 is 1.76 bits per heavy atom. The highest BCUT2D eigenvalue weighted by molar-refractivity contribution is 6.17. The first-order valence-electron chi connectivity index (χ1n) is 9.99. The van der Waals surface area contributed by atoms with Gasteiger partial charge in [0.05, 0.1) is 17.3 Å². The Morgan fingerprint density at radius 1 is 1.00 bits per heavy atom. The zero-order valence-corrected chi connectivity index (χ0v) is 16.8. The molecule has 0 aliphatic rings. The second kappa shape index (κ2) is 8.31. The minimum absolute atomic E-state index is 0.0415. The molecule has 4 nitrogen and oxygen atoms in total. The Morgan fingerprint density at radius 3 is 2.45 bits per heavy atom. The van der Waals surface area contributed by atoms with Crippen molar-refractivity contribution >= 4 is 16.7 Å². The number of rotatable bonds is 7. The van der Waals surface area contributed by atoms with Crippen molar-refractivity contribution in [1.29, 1.82) is 0 Å². The number of aryl methyl sites for hydroxylation is 1. The van der Waals surface area contributed by atoms with Gasteiger partial charge >= 0.3 is 0 Å². The van der Waals surface area contributed by atoms with Crippen LogP contribution in [-0.4, -0.2) is 15.3 Å². The van der Waals surface area contributed by atoms with Crippen molar-refractivity contribution in [3.63, 3.8) is 0 Å². The number of benzene rings is 2. The van der Waals surface area contributed by atoms with Gasteiger partial charge in [-0.05, 0) is 49.2 Å². The maximum atomic E-state index is 13.4. The monoisotopic (exact) mass is 384 g/mol. The van der Waals surface area contributed by atoms with Crippen molar-refractivity contribution < 1.29 is 9.53 Å². The number of carbonyl (C=O) groups is 1. The van der Waals surface area contributed by atoms with Gasteiger partial charge in [0.15, 0.2) is 5.78 Å². The molecule has 2 heterocycles. The van der Waals surface area contributed by atoms with Crippen molar-refractivity contribution in [2.75, 3.05) is 0 Å². The van der Waals surface area contributed by atoms with Gasteiger partial charge < -0.3 is 9.30 Å². The topological polar surface area (TPSA) is 44.1 Å². The van der Waals surface area contributed by atoms with Crippen LogP contribution >= 0.6 is 0 Å². The Labute approximate surface area is 170 Å². The molecule has 0 fully saturated rings. The number of pyridine rings is 1. The van der Waals surface area contributed by atoms with Gasteiger partial charge in [-0.25, -0.2) is 0 Å². The lowest BCUT2D eigenvalue weighted by atomic mass is 9.99. The van der Waals surface area contributed by atoms with E-state index in [2.05, 4.69) is 23.4 Å². The fraction of sp³-hybridized carbons (Fsp3) is 0.200. The van der Waals surface area contributed by atoms with Crippen LogP contribution in [0.25, 0.3) is 10.9 Å². The summed E-state index contributed by atoms with van der Waals surface area (Å²) in [4.78, 5) is 17.6. The Bertz CT molecular complexity index is 1130. The van der Waals surface area contributed by atoms with Crippen LogP contribution in [0.2, 0.25) is 0 Å². The van der Waals surface area contributed by atoms with E-state index < -0.39 is 0 Å². The molecule has 0 amide bonds. The zero-order chi connectivity index (χ0) is 20.2. The lowest BCUT2D eigenvalue weighted by molar-refractivity contribution is 0.103. The first-order valence-corrected chi connectivity index (χ1v) is 9.99. The highest BCUT2D eigenvalue weighted by Gasteiger charge is 2.22. The molecule has 0 aliphatic heterocycles. The maximum absolute atomic E-state index is 13.4. The molecule has 0 saturated heterocycles. The predicted molar refractivity (Wildman–Crippen MR) is 115 cm³/mol. The number of aromatic nitrogens is 2. The van der Waals surface area contributed by atoms with Crippen LogP contribution < -0.4 is 4.74 Å². The molecule has 146 valence electrons. The number of fused-ring (bicyclic) bond motifs is 1. The van der Waals surface area contributed by atoms with Gasteiger partial charge in [-0.15, -0.1) is 0 Å². The molecule has 2 aromatic heterocycles. The van der Waals surface area contributed by atoms with Crippen LogP contribution in [0.3, 0.4) is 0 Å². The van der Waals surface area contributed by atoms with Gasteiger partial charge in [-0.2, -0.15) is 0 Å². The van der Waals surface area contributed by atoms with Gasteiger partial charge in [0.2, 0.25) is 0 Å². The highest BCUT2D eigenvalue weighted by Crippen LogP contribution is 2.29. The molecule has 0 spiro atoms. The van der Waals surface area contributed by atoms with Crippen LogP contribution in [0.4, 0.5) is 0 Å². The maximum Gasteiger partial charge on any atom is 0.195 e. The van der Waals surface area contributed by atoms with E-state index >= 15 is 0 Å². The second-order valence-corrected chi connectivity index (χ2v) is 6.94. The van der Waals surface area contributed by atoms with Gasteiger partial charge in [0.25, 0.3) is 0 Å². The van der Waals surface area contributed by atoms with Crippen LogP contribution in [0.1, 0.15) is 41.0 Å². The molecule has 0 N–H and O–H groups in total. The summed E-state index contributed by atoms with van der Waals surface area (Å²) in [5.41, 5.74) is 4.63. The lowest BCUT2D eigenvalue weighted by Gasteiger charge is -2.09. The molecule has 0 atom stereocenters. The molecule has 0 radical (unpaired) electrons. The van der Waals surface area contributed by atoms with E-state index in [9.17, 15) is 4.79 Å². The Hall–Kier alpha value is -3.40. The van der Waals surface area contributed by atoms with Crippen LogP contribution in [0.5, 0.6) is 5.75 Å². The third-order valence-electron chi connectivity index (χ3n) is 5.22. The van der Waals surface area contributed by atoms with Crippen molar-refractivity contribution in [2.45, 2.75) is 33.4 Å². The minimum atomic E-state index is 0.0415. The van der Waals surface area contributed by atoms with Gasteiger partial charge in [-0.3, -0.25) is 9.78 Å². The average molecular weight is 384 g/mol. The molecule has 29 heavy (non-hydrogen) atoms. The fourth-order valence-corrected chi connectivity index (χ4v) is 3.82. The molecular weight excluding hydrogens is 360 g/mol. The zero-order valence-electron chi connectivity index (χ0n) is 16.8. The van der Waals surface area contributed by atoms with Crippen LogP contribution in [-0.2, 0) is 19.6 Å². The summed E-state index contributed by atoms with van der Waals surface area (Å²) in [6.45, 7) is 5.50. The Balaban J connectivity index is 1.62. The number of nitrogens with zero attached hydrogens (tertiary/aromatic N) is 2. The fourth-order valence-electron chi connectivity index (χ4n) is 3.82. The SMILES string of the molecule is CCc1c(C(=O)c2ccc(OCc3ccccc3)cc2)c2ccncc2n1CC. The number of ether oxygens (including phenoxy) is 1. The van der Waals surface area contributed by atoms with E-state index in [4.69, 9.17) is 4.74 Å². The van der Waals surface area contributed by atoms with E-state index in [-0.39, 0.29) is 5.78 Å². The quantitative estimate of drug-likeness (QED) is 0.399. The predicted octanol–water partition coefficient (Wildman–Crippen LogP) is 5.43. The molecule has 4 aromatic rings. The number of ketones is 1. The van der Waals surface area contributed by atoms with Gasteiger partial charge in [0.1, 0.15) is 12.4 Å². The summed E-state index contributed by atoms with van der Waals surface area (Å²) in [6, 6.07) is 19.4. The van der Waals surface area contributed by atoms with Crippen molar-refractivity contribution in [1.82, 2.24) is 9.55 Å². The highest BCUT2D eigenvalue weighted by atomic mass is 16.5. The first-order chi connectivity index (χ1) is 14.2. The van der Waals surface area contributed by atoms with E-state index in [0.29, 0.717) is 12.2 Å². The van der Waals surface area contributed by atoms with Gasteiger partial charge in [0, 0.05) is 29.4 Å². The lowest BCUT2D eigenvalue weighted by Crippen LogP contribution is -2.07. The summed E-state index contributed by atoms with van der Waals surface area (Å²) < 4.78 is 8.03. The first kappa shape index (κ1) is 18.9. The molecule has 4 heteroatoms. The number of hydrogen-bond donors (Lipinski definition) is 0. The average Bonchev–Trinajstić information content (AvgIpc) is 3.11. The smallest absolute Gasteiger partial charge is 0.195 e. The van der Waals surface area contributed by atoms with E-state index in [0.717, 1.165) is 46.4 Å². The number of carbonyl (C=O) groups excluding carboxylic acids is 1. The number of hydrogen-bond acceptors (Lipinski definition) is 3. The minimum Gasteiger partial charge on any atom is -0.489 e. The summed E-state index contributed by atoms with van der Waals surface area (Å²) in [5.74, 6) is 0.793. The molecule has 0 aliphatic carbocycles. The second-order valence-electron chi connectivity index (χ2n) is 6.94. The summed E-state index contributed by atoms with van der Waals surface area (Å²) in [6.07, 6.45) is 4.39. The summed E-state index contributed by atoms with van der Waals surface area (Å²) in [5, 5.41) is 0.966. The largest absolute Gasteiger partial charge is 0.489 e. The standard InChI is InChI=1S/C25H24N2O2/c1-3-22-24(21-14-15-26-16-23(21)27(22)4-2)25(28)19-10-12-20(13-11-19)29-17-18-8-6-5-7-9-18/h5-16H,3-4,17H2,1-2H3. The van der Waals surface area contributed by atoms with Crippen molar-refractivity contribution in [3.05, 3.63) is 95.4 Å². The normalized spacial score (nSPS) is 11.0. The summed E-state index contributed by atoms with van der Waals surface area (Å²) in [7, 11) is 0. The molecule has 4 rings (SSSR count). The molecule has 0 unspecified atom stereocenters. The Kier molecular flexibility index (Phi) is 5.43. The summed E-state index contributed by atoms with van der Waals surface area (Å²) >= 11 is 0. The molecule has 0 bridgehead atoms.